The number of hydrogen-bond donors (Lipinski definition) is 3. The van der Waals surface area contributed by atoms with Gasteiger partial charge in [-0.15, -0.1) is 0 Å². The first-order chi connectivity index (χ1) is 16.6. The van der Waals surface area contributed by atoms with Crippen LogP contribution in [0.3, 0.4) is 0 Å². The highest BCUT2D eigenvalue weighted by molar-refractivity contribution is 7.80. The molecular weight excluding hydrogens is 472 g/mol. The lowest BCUT2D eigenvalue weighted by molar-refractivity contribution is 0.0945. The van der Waals surface area contributed by atoms with Gasteiger partial charge < -0.3 is 14.8 Å². The largest absolute Gasteiger partial charge is 0.454 e. The van der Waals surface area contributed by atoms with Crippen LogP contribution in [0.15, 0.2) is 72.8 Å². The number of nitrogens with one attached hydrogen (secondary N) is 3. The SMILES string of the molecule is O=C(NNC(=S)NCc1ccc2c(c1)OCO2)c1cc(-c2ccccc2Cl)nc2ccccc12. The van der Waals surface area contributed by atoms with Gasteiger partial charge >= 0.3 is 0 Å². The zero-order valence-corrected chi connectivity index (χ0v) is 19.4. The van der Waals surface area contributed by atoms with Crippen molar-refractivity contribution in [3.05, 3.63) is 88.9 Å². The fourth-order valence-electron chi connectivity index (χ4n) is 3.63. The molecule has 0 radical (unpaired) electrons. The lowest BCUT2D eigenvalue weighted by Gasteiger charge is -2.14. The second kappa shape index (κ2) is 9.54. The van der Waals surface area contributed by atoms with Crippen LogP contribution in [0, 0.1) is 0 Å². The lowest BCUT2D eigenvalue weighted by atomic mass is 10.0. The fourth-order valence-corrected chi connectivity index (χ4v) is 3.98. The second-order valence-electron chi connectivity index (χ2n) is 7.50. The molecule has 9 heteroatoms. The number of benzene rings is 3. The van der Waals surface area contributed by atoms with Crippen molar-refractivity contribution in [3.8, 4) is 22.8 Å². The van der Waals surface area contributed by atoms with E-state index in [1.807, 2.05) is 60.7 Å². The lowest BCUT2D eigenvalue weighted by Crippen LogP contribution is -2.46. The smallest absolute Gasteiger partial charge is 0.270 e. The maximum atomic E-state index is 13.1. The van der Waals surface area contributed by atoms with Gasteiger partial charge in [0.1, 0.15) is 0 Å². The van der Waals surface area contributed by atoms with Gasteiger partial charge in [-0.05, 0) is 48.1 Å². The number of fused-ring (bicyclic) bond motifs is 2. The molecule has 5 rings (SSSR count). The van der Waals surface area contributed by atoms with Gasteiger partial charge in [-0.3, -0.25) is 15.6 Å². The third kappa shape index (κ3) is 4.59. The van der Waals surface area contributed by atoms with Crippen LogP contribution in [0.25, 0.3) is 22.2 Å². The molecule has 3 N–H and O–H groups in total. The summed E-state index contributed by atoms with van der Waals surface area (Å²) in [6.45, 7) is 0.674. The summed E-state index contributed by atoms with van der Waals surface area (Å²) in [7, 11) is 0. The number of hydrazine groups is 1. The van der Waals surface area contributed by atoms with E-state index in [1.165, 1.54) is 0 Å². The summed E-state index contributed by atoms with van der Waals surface area (Å²) in [4.78, 5) is 17.8. The molecular formula is C25H19ClN4O3S. The van der Waals surface area contributed by atoms with E-state index in [9.17, 15) is 4.79 Å². The van der Waals surface area contributed by atoms with Crippen LogP contribution in [0.4, 0.5) is 0 Å². The Morgan fingerprint density at radius 1 is 0.971 bits per heavy atom. The van der Waals surface area contributed by atoms with E-state index < -0.39 is 0 Å². The van der Waals surface area contributed by atoms with Crippen molar-refractivity contribution < 1.29 is 14.3 Å². The highest BCUT2D eigenvalue weighted by Crippen LogP contribution is 2.32. The second-order valence-corrected chi connectivity index (χ2v) is 8.32. The highest BCUT2D eigenvalue weighted by Gasteiger charge is 2.16. The van der Waals surface area contributed by atoms with Crippen molar-refractivity contribution in [2.24, 2.45) is 0 Å². The van der Waals surface area contributed by atoms with Gasteiger partial charge in [-0.1, -0.05) is 54.1 Å². The molecule has 34 heavy (non-hydrogen) atoms. The van der Waals surface area contributed by atoms with Gasteiger partial charge in [-0.2, -0.15) is 0 Å². The average Bonchev–Trinajstić information content (AvgIpc) is 3.33. The normalized spacial score (nSPS) is 11.8. The standard InChI is InChI=1S/C25H19ClN4O3S/c26-19-7-3-1-6-17(19)21-12-18(16-5-2-4-8-20(16)28-21)24(31)29-30-25(34)27-13-15-9-10-22-23(11-15)33-14-32-22/h1-12H,13-14H2,(H,29,31)(H2,27,30,34). The Kier molecular flexibility index (Phi) is 6.16. The number of carbonyl (C=O) groups is 1. The first-order valence-corrected chi connectivity index (χ1v) is 11.2. The quantitative estimate of drug-likeness (QED) is 0.285. The number of carbonyl (C=O) groups excluding carboxylic acids is 1. The molecule has 0 fully saturated rings. The minimum absolute atomic E-state index is 0.222. The zero-order chi connectivity index (χ0) is 23.5. The number of nitrogens with zero attached hydrogens (tertiary/aromatic N) is 1. The van der Waals surface area contributed by atoms with Crippen molar-refractivity contribution >= 4 is 45.7 Å². The number of amides is 1. The molecule has 0 bridgehead atoms. The molecule has 170 valence electrons. The fraction of sp³-hybridized carbons (Fsp3) is 0.0800. The van der Waals surface area contributed by atoms with Gasteiger partial charge in [-0.25, -0.2) is 4.98 Å². The number of rotatable bonds is 4. The zero-order valence-electron chi connectivity index (χ0n) is 17.8. The molecule has 3 aromatic carbocycles. The molecule has 7 nitrogen and oxygen atoms in total. The molecule has 0 unspecified atom stereocenters. The Morgan fingerprint density at radius 3 is 2.65 bits per heavy atom. The third-order valence-electron chi connectivity index (χ3n) is 5.29. The number of thiocarbonyl (C=S) groups is 1. The molecule has 2 heterocycles. The Bertz CT molecular complexity index is 1410. The van der Waals surface area contributed by atoms with E-state index in [0.29, 0.717) is 34.1 Å². The molecule has 1 amide bonds. The summed E-state index contributed by atoms with van der Waals surface area (Å²) in [6, 6.07) is 22.2. The molecule has 0 saturated heterocycles. The maximum absolute atomic E-state index is 13.1. The molecule has 1 aromatic heterocycles. The van der Waals surface area contributed by atoms with E-state index >= 15 is 0 Å². The number of para-hydroxylation sites is 1. The highest BCUT2D eigenvalue weighted by atomic mass is 35.5. The summed E-state index contributed by atoms with van der Waals surface area (Å²) in [5, 5.41) is 4.61. The number of ether oxygens (including phenoxy) is 2. The first-order valence-electron chi connectivity index (χ1n) is 10.5. The van der Waals surface area contributed by atoms with E-state index in [2.05, 4.69) is 16.2 Å². The van der Waals surface area contributed by atoms with Crippen LogP contribution in [-0.4, -0.2) is 22.8 Å². The van der Waals surface area contributed by atoms with Crippen LogP contribution >= 0.6 is 23.8 Å². The Labute approximate surface area is 206 Å². The number of pyridine rings is 1. The molecule has 0 spiro atoms. The van der Waals surface area contributed by atoms with Crippen LogP contribution in [0.1, 0.15) is 15.9 Å². The monoisotopic (exact) mass is 490 g/mol. The van der Waals surface area contributed by atoms with E-state index in [4.69, 9.17) is 38.3 Å². The summed E-state index contributed by atoms with van der Waals surface area (Å²) >= 11 is 11.7. The number of halogens is 1. The van der Waals surface area contributed by atoms with Crippen molar-refractivity contribution in [2.45, 2.75) is 6.54 Å². The molecule has 1 aliphatic heterocycles. The van der Waals surface area contributed by atoms with Crippen LogP contribution < -0.4 is 25.6 Å². The summed E-state index contributed by atoms with van der Waals surface area (Å²) in [5.74, 6) is 1.07. The van der Waals surface area contributed by atoms with Gasteiger partial charge in [0.15, 0.2) is 16.6 Å². The van der Waals surface area contributed by atoms with Crippen molar-refractivity contribution in [3.63, 3.8) is 0 Å². The molecule has 1 aliphatic rings. The van der Waals surface area contributed by atoms with E-state index in [1.54, 1.807) is 12.1 Å². The summed E-state index contributed by atoms with van der Waals surface area (Å²) < 4.78 is 10.7. The molecule has 0 atom stereocenters. The van der Waals surface area contributed by atoms with E-state index in [-0.39, 0.29) is 17.8 Å². The maximum Gasteiger partial charge on any atom is 0.270 e. The van der Waals surface area contributed by atoms with Gasteiger partial charge in [0.2, 0.25) is 6.79 Å². The summed E-state index contributed by atoms with van der Waals surface area (Å²) in [5.41, 5.74) is 8.88. The van der Waals surface area contributed by atoms with Crippen LogP contribution in [-0.2, 0) is 6.54 Å². The van der Waals surface area contributed by atoms with Crippen molar-refractivity contribution in [1.29, 1.82) is 0 Å². The minimum atomic E-state index is -0.348. The molecule has 0 saturated carbocycles. The predicted octanol–water partition coefficient (Wildman–Crippen LogP) is 4.59. The van der Waals surface area contributed by atoms with Gasteiger partial charge in [0.05, 0.1) is 16.8 Å². The van der Waals surface area contributed by atoms with Crippen molar-refractivity contribution in [1.82, 2.24) is 21.2 Å². The van der Waals surface area contributed by atoms with Gasteiger partial charge in [0.25, 0.3) is 5.91 Å². The first kappa shape index (κ1) is 21.9. The minimum Gasteiger partial charge on any atom is -0.454 e. The van der Waals surface area contributed by atoms with Crippen LogP contribution in [0.5, 0.6) is 11.5 Å². The summed E-state index contributed by atoms with van der Waals surface area (Å²) in [6.07, 6.45) is 0. The third-order valence-corrected chi connectivity index (χ3v) is 5.87. The topological polar surface area (TPSA) is 84.5 Å². The number of hydrogen-bond acceptors (Lipinski definition) is 5. The Hall–Kier alpha value is -3.88. The Balaban J connectivity index is 1.29. The predicted molar refractivity (Wildman–Crippen MR) is 135 cm³/mol. The molecule has 4 aromatic rings. The Morgan fingerprint density at radius 2 is 1.76 bits per heavy atom. The van der Waals surface area contributed by atoms with Crippen molar-refractivity contribution in [2.75, 3.05) is 6.79 Å². The molecule has 0 aliphatic carbocycles. The van der Waals surface area contributed by atoms with Crippen LogP contribution in [0.2, 0.25) is 5.02 Å². The average molecular weight is 491 g/mol. The number of aromatic nitrogens is 1. The van der Waals surface area contributed by atoms with Gasteiger partial charge in [0, 0.05) is 22.5 Å². The van der Waals surface area contributed by atoms with E-state index in [0.717, 1.165) is 22.3 Å².